The summed E-state index contributed by atoms with van der Waals surface area (Å²) in [6.07, 6.45) is 0. The Morgan fingerprint density at radius 3 is 2.70 bits per heavy atom. The summed E-state index contributed by atoms with van der Waals surface area (Å²) in [5, 5.41) is 22.3. The van der Waals surface area contributed by atoms with E-state index < -0.39 is 11.5 Å². The molecule has 5 nitrogen and oxygen atoms in total. The second kappa shape index (κ2) is 6.77. The monoisotopic (exact) mass is 312 g/mol. The highest BCUT2D eigenvalue weighted by Crippen LogP contribution is 2.25. The van der Waals surface area contributed by atoms with Crippen molar-refractivity contribution in [2.45, 2.75) is 31.2 Å². The molecule has 2 N–H and O–H groups in total. The van der Waals surface area contributed by atoms with Gasteiger partial charge in [0.15, 0.2) is 0 Å². The normalized spacial score (nSPS) is 13.6. The Kier molecular flexibility index (Phi) is 5.60. The molecule has 108 valence electrons. The van der Waals surface area contributed by atoms with Crippen LogP contribution in [0.3, 0.4) is 0 Å². The zero-order valence-electron chi connectivity index (χ0n) is 11.5. The van der Waals surface area contributed by atoms with Gasteiger partial charge in [-0.15, -0.1) is 23.1 Å². The van der Waals surface area contributed by atoms with Crippen LogP contribution in [0.5, 0.6) is 0 Å². The first-order valence-corrected chi connectivity index (χ1v) is 7.82. The molecule has 1 heterocycles. The molecule has 0 spiro atoms. The Morgan fingerprint density at radius 2 is 2.25 bits per heavy atom. The van der Waals surface area contributed by atoms with Gasteiger partial charge in [-0.1, -0.05) is 13.8 Å². The summed E-state index contributed by atoms with van der Waals surface area (Å²) >= 11 is 2.38. The third-order valence-electron chi connectivity index (χ3n) is 2.94. The second-order valence-corrected chi connectivity index (χ2v) is 6.72. The van der Waals surface area contributed by atoms with Gasteiger partial charge in [0.25, 0.3) is 0 Å². The molecule has 1 amide bonds. The summed E-state index contributed by atoms with van der Waals surface area (Å²) in [6.45, 7) is 5.43. The van der Waals surface area contributed by atoms with Crippen LogP contribution in [0.25, 0.3) is 0 Å². The van der Waals surface area contributed by atoms with E-state index in [9.17, 15) is 9.59 Å². The fraction of sp³-hybridized carbons (Fsp3) is 0.462. The topological polar surface area (TPSA) is 90.2 Å². The number of aromatic carboxylic acids is 1. The van der Waals surface area contributed by atoms with Crippen molar-refractivity contribution in [3.8, 4) is 6.07 Å². The quantitative estimate of drug-likeness (QED) is 0.788. The summed E-state index contributed by atoms with van der Waals surface area (Å²) in [5.74, 6) is -1.06. The molecule has 0 radical (unpaired) electrons. The van der Waals surface area contributed by atoms with Crippen LogP contribution in [-0.2, 0) is 4.79 Å². The number of nitrogens with zero attached hydrogens (tertiary/aromatic N) is 1. The van der Waals surface area contributed by atoms with Crippen LogP contribution in [0.15, 0.2) is 16.3 Å². The van der Waals surface area contributed by atoms with E-state index in [2.05, 4.69) is 11.4 Å². The molecular weight excluding hydrogens is 296 g/mol. The van der Waals surface area contributed by atoms with Gasteiger partial charge in [-0.3, -0.25) is 4.79 Å². The van der Waals surface area contributed by atoms with Crippen molar-refractivity contribution >= 4 is 35.0 Å². The van der Waals surface area contributed by atoms with E-state index in [0.29, 0.717) is 0 Å². The average Bonchev–Trinajstić information content (AvgIpc) is 2.85. The van der Waals surface area contributed by atoms with Crippen molar-refractivity contribution < 1.29 is 14.7 Å². The Labute approximate surface area is 126 Å². The Hall–Kier alpha value is -1.52. The summed E-state index contributed by atoms with van der Waals surface area (Å²) in [7, 11) is 0. The molecular formula is C13H16N2O3S2. The summed E-state index contributed by atoms with van der Waals surface area (Å²) < 4.78 is 0. The van der Waals surface area contributed by atoms with Gasteiger partial charge in [-0.25, -0.2) is 4.79 Å². The van der Waals surface area contributed by atoms with Gasteiger partial charge in [-0.05, 0) is 18.9 Å². The maximum absolute atomic E-state index is 11.8. The van der Waals surface area contributed by atoms with Gasteiger partial charge in [0.05, 0.1) is 11.8 Å². The molecule has 0 aromatic carbocycles. The van der Waals surface area contributed by atoms with Crippen LogP contribution in [0, 0.1) is 17.2 Å². The summed E-state index contributed by atoms with van der Waals surface area (Å²) in [5.41, 5.74) is -0.890. The molecule has 0 fully saturated rings. The fourth-order valence-corrected chi connectivity index (χ4v) is 2.95. The van der Waals surface area contributed by atoms with Gasteiger partial charge < -0.3 is 10.4 Å². The number of carboxylic acid groups (broad SMARTS) is 1. The smallest absolute Gasteiger partial charge is 0.345 e. The van der Waals surface area contributed by atoms with Crippen molar-refractivity contribution in [3.63, 3.8) is 0 Å². The Bertz CT molecular complexity index is 548. The number of rotatable bonds is 6. The van der Waals surface area contributed by atoms with E-state index in [-0.39, 0.29) is 22.5 Å². The number of nitrogens with one attached hydrogen (secondary N) is 1. The van der Waals surface area contributed by atoms with E-state index in [1.165, 1.54) is 17.8 Å². The maximum Gasteiger partial charge on any atom is 0.345 e. The zero-order chi connectivity index (χ0) is 15.3. The SMILES string of the molecule is CC(C)C(C)(C#N)NC(=O)CSc1csc(C(=O)O)c1. The Balaban J connectivity index is 2.55. The minimum absolute atomic E-state index is 0.00112. The number of thiophene rings is 1. The number of carbonyl (C=O) groups is 2. The number of carboxylic acids is 1. The lowest BCUT2D eigenvalue weighted by molar-refractivity contribution is -0.120. The standard InChI is InChI=1S/C13H16N2O3S2/c1-8(2)13(3,7-14)15-11(16)6-19-9-4-10(12(17)18)20-5-9/h4-5,8H,6H2,1-3H3,(H,15,16)(H,17,18). The molecule has 0 saturated carbocycles. The molecule has 0 aliphatic rings. The first kappa shape index (κ1) is 16.5. The lowest BCUT2D eigenvalue weighted by Crippen LogP contribution is -2.49. The number of carbonyl (C=O) groups excluding carboxylic acids is 1. The van der Waals surface area contributed by atoms with Crippen molar-refractivity contribution in [1.82, 2.24) is 5.32 Å². The summed E-state index contributed by atoms with van der Waals surface area (Å²) in [4.78, 5) is 23.6. The summed E-state index contributed by atoms with van der Waals surface area (Å²) in [6, 6.07) is 3.65. The minimum Gasteiger partial charge on any atom is -0.477 e. The van der Waals surface area contributed by atoms with E-state index in [1.807, 2.05) is 13.8 Å². The highest BCUT2D eigenvalue weighted by molar-refractivity contribution is 8.00. The number of thioether (sulfide) groups is 1. The van der Waals surface area contributed by atoms with Crippen LogP contribution in [0.2, 0.25) is 0 Å². The van der Waals surface area contributed by atoms with Crippen molar-refractivity contribution in [2.24, 2.45) is 5.92 Å². The van der Waals surface area contributed by atoms with Crippen LogP contribution < -0.4 is 5.32 Å². The third-order valence-corrected chi connectivity index (χ3v) is 4.99. The molecule has 0 aliphatic heterocycles. The molecule has 1 aromatic rings. The zero-order valence-corrected chi connectivity index (χ0v) is 13.1. The first-order valence-electron chi connectivity index (χ1n) is 5.95. The van der Waals surface area contributed by atoms with E-state index >= 15 is 0 Å². The molecule has 20 heavy (non-hydrogen) atoms. The molecule has 1 atom stereocenters. The van der Waals surface area contributed by atoms with Crippen molar-refractivity contribution in [1.29, 1.82) is 5.26 Å². The van der Waals surface area contributed by atoms with Gasteiger partial charge in [-0.2, -0.15) is 5.26 Å². The molecule has 1 rings (SSSR count). The Morgan fingerprint density at radius 1 is 1.60 bits per heavy atom. The molecule has 0 aliphatic carbocycles. The van der Waals surface area contributed by atoms with E-state index in [4.69, 9.17) is 10.4 Å². The molecule has 0 bridgehead atoms. The van der Waals surface area contributed by atoms with Crippen LogP contribution in [-0.4, -0.2) is 28.3 Å². The van der Waals surface area contributed by atoms with Crippen LogP contribution in [0.1, 0.15) is 30.4 Å². The van der Waals surface area contributed by atoms with Gasteiger partial charge >= 0.3 is 5.97 Å². The molecule has 7 heteroatoms. The average molecular weight is 312 g/mol. The number of amides is 1. The lowest BCUT2D eigenvalue weighted by atomic mass is 9.90. The number of nitriles is 1. The third kappa shape index (κ3) is 4.25. The number of hydrogen-bond donors (Lipinski definition) is 2. The number of hydrogen-bond acceptors (Lipinski definition) is 5. The van der Waals surface area contributed by atoms with Gasteiger partial charge in [0.2, 0.25) is 5.91 Å². The van der Waals surface area contributed by atoms with E-state index in [0.717, 1.165) is 16.2 Å². The predicted octanol–water partition coefficient (Wildman–Crippen LogP) is 2.59. The predicted molar refractivity (Wildman–Crippen MR) is 79.0 cm³/mol. The molecule has 1 unspecified atom stereocenters. The van der Waals surface area contributed by atoms with Crippen LogP contribution >= 0.6 is 23.1 Å². The lowest BCUT2D eigenvalue weighted by Gasteiger charge is -2.27. The van der Waals surface area contributed by atoms with Crippen molar-refractivity contribution in [2.75, 3.05) is 5.75 Å². The van der Waals surface area contributed by atoms with E-state index in [1.54, 1.807) is 12.3 Å². The molecule has 0 saturated heterocycles. The minimum atomic E-state index is -0.969. The largest absolute Gasteiger partial charge is 0.477 e. The highest BCUT2D eigenvalue weighted by Gasteiger charge is 2.29. The van der Waals surface area contributed by atoms with Gasteiger partial charge in [0, 0.05) is 10.3 Å². The second-order valence-electron chi connectivity index (χ2n) is 4.76. The van der Waals surface area contributed by atoms with Gasteiger partial charge in [0.1, 0.15) is 10.4 Å². The maximum atomic E-state index is 11.8. The van der Waals surface area contributed by atoms with Crippen molar-refractivity contribution in [3.05, 3.63) is 16.3 Å². The van der Waals surface area contributed by atoms with Crippen LogP contribution in [0.4, 0.5) is 0 Å². The highest BCUT2D eigenvalue weighted by atomic mass is 32.2. The fourth-order valence-electron chi connectivity index (χ4n) is 1.28. The molecule has 1 aromatic heterocycles. The first-order chi connectivity index (χ1) is 9.28.